The highest BCUT2D eigenvalue weighted by atomic mass is 35.5. The zero-order valence-electron chi connectivity index (χ0n) is 12.8. The first-order valence-corrected chi connectivity index (χ1v) is 8.04. The van der Waals surface area contributed by atoms with E-state index >= 15 is 0 Å². The van der Waals surface area contributed by atoms with Crippen molar-refractivity contribution >= 4 is 52.0 Å². The quantitative estimate of drug-likeness (QED) is 0.685. The Morgan fingerprint density at radius 1 is 1.17 bits per heavy atom. The van der Waals surface area contributed by atoms with Gasteiger partial charge in [0.2, 0.25) is 5.91 Å². The van der Waals surface area contributed by atoms with Gasteiger partial charge in [-0.1, -0.05) is 41.4 Å². The molecule has 1 amide bonds. The molecule has 0 aliphatic heterocycles. The van der Waals surface area contributed by atoms with E-state index < -0.39 is 0 Å². The first-order chi connectivity index (χ1) is 11.5. The van der Waals surface area contributed by atoms with Crippen LogP contribution in [-0.2, 0) is 11.3 Å². The van der Waals surface area contributed by atoms with Gasteiger partial charge in [0, 0.05) is 27.8 Å². The second-order valence-electron chi connectivity index (χ2n) is 5.40. The van der Waals surface area contributed by atoms with Crippen LogP contribution in [0.15, 0.2) is 42.5 Å². The van der Waals surface area contributed by atoms with Gasteiger partial charge >= 0.3 is 0 Å². The van der Waals surface area contributed by atoms with E-state index in [0.29, 0.717) is 21.3 Å². The standard InChI is InChI=1S/C18H14Cl2N2O2/c1-11-14(10-23)13-4-2-3-5-17(13)22(11)9-18(24)21-12-6-7-15(19)16(20)8-12/h2-8,10H,9H2,1H3,(H,21,24). The van der Waals surface area contributed by atoms with Crippen LogP contribution in [0.3, 0.4) is 0 Å². The van der Waals surface area contributed by atoms with Crippen molar-refractivity contribution in [2.24, 2.45) is 0 Å². The van der Waals surface area contributed by atoms with Crippen LogP contribution in [0.2, 0.25) is 10.0 Å². The second kappa shape index (κ2) is 6.67. The number of nitrogens with zero attached hydrogens (tertiary/aromatic N) is 1. The summed E-state index contributed by atoms with van der Waals surface area (Å²) in [4.78, 5) is 23.7. The third-order valence-electron chi connectivity index (χ3n) is 3.90. The lowest BCUT2D eigenvalue weighted by Gasteiger charge is -2.10. The van der Waals surface area contributed by atoms with Crippen molar-refractivity contribution in [1.29, 1.82) is 0 Å². The van der Waals surface area contributed by atoms with Crippen molar-refractivity contribution < 1.29 is 9.59 Å². The zero-order chi connectivity index (χ0) is 17.3. The molecule has 1 N–H and O–H groups in total. The molecule has 0 radical (unpaired) electrons. The number of fused-ring (bicyclic) bond motifs is 1. The molecule has 2 aromatic carbocycles. The fraction of sp³-hybridized carbons (Fsp3) is 0.111. The van der Waals surface area contributed by atoms with Crippen LogP contribution in [0.1, 0.15) is 16.1 Å². The van der Waals surface area contributed by atoms with Crippen molar-refractivity contribution in [3.63, 3.8) is 0 Å². The molecule has 0 saturated heterocycles. The van der Waals surface area contributed by atoms with E-state index in [0.717, 1.165) is 22.9 Å². The maximum absolute atomic E-state index is 12.4. The number of anilines is 1. The van der Waals surface area contributed by atoms with Gasteiger partial charge < -0.3 is 9.88 Å². The van der Waals surface area contributed by atoms with Crippen LogP contribution in [0, 0.1) is 6.92 Å². The Morgan fingerprint density at radius 2 is 1.92 bits per heavy atom. The topological polar surface area (TPSA) is 51.1 Å². The summed E-state index contributed by atoms with van der Waals surface area (Å²) in [5, 5.41) is 4.43. The van der Waals surface area contributed by atoms with Crippen LogP contribution in [0.5, 0.6) is 0 Å². The van der Waals surface area contributed by atoms with Crippen molar-refractivity contribution in [2.75, 3.05) is 5.32 Å². The largest absolute Gasteiger partial charge is 0.335 e. The Hall–Kier alpha value is -2.30. The Kier molecular flexibility index (Phi) is 4.60. The summed E-state index contributed by atoms with van der Waals surface area (Å²) >= 11 is 11.8. The average Bonchev–Trinajstić information content (AvgIpc) is 2.83. The van der Waals surface area contributed by atoms with Gasteiger partial charge in [-0.2, -0.15) is 0 Å². The average molecular weight is 361 g/mol. The molecule has 6 heteroatoms. The molecule has 24 heavy (non-hydrogen) atoms. The van der Waals surface area contributed by atoms with Crippen molar-refractivity contribution in [1.82, 2.24) is 4.57 Å². The van der Waals surface area contributed by atoms with Crippen LogP contribution in [-0.4, -0.2) is 16.8 Å². The lowest BCUT2D eigenvalue weighted by molar-refractivity contribution is -0.116. The van der Waals surface area contributed by atoms with Gasteiger partial charge in [0.25, 0.3) is 0 Å². The van der Waals surface area contributed by atoms with E-state index in [4.69, 9.17) is 23.2 Å². The Morgan fingerprint density at radius 3 is 2.62 bits per heavy atom. The Labute approximate surface area is 149 Å². The monoisotopic (exact) mass is 360 g/mol. The summed E-state index contributed by atoms with van der Waals surface area (Å²) in [6, 6.07) is 12.4. The molecule has 0 fully saturated rings. The van der Waals surface area contributed by atoms with Crippen molar-refractivity contribution in [3.8, 4) is 0 Å². The Balaban J connectivity index is 1.89. The van der Waals surface area contributed by atoms with Crippen LogP contribution in [0.25, 0.3) is 10.9 Å². The van der Waals surface area contributed by atoms with E-state index in [1.54, 1.807) is 18.2 Å². The predicted octanol–water partition coefficient (Wildman–Crippen LogP) is 4.71. The van der Waals surface area contributed by atoms with E-state index in [-0.39, 0.29) is 12.5 Å². The van der Waals surface area contributed by atoms with Crippen LogP contribution in [0.4, 0.5) is 5.69 Å². The summed E-state index contributed by atoms with van der Waals surface area (Å²) in [6.45, 7) is 1.93. The number of para-hydroxylation sites is 1. The predicted molar refractivity (Wildman–Crippen MR) is 97.2 cm³/mol. The molecule has 0 aliphatic carbocycles. The summed E-state index contributed by atoms with van der Waals surface area (Å²) in [5.41, 5.74) is 2.78. The van der Waals surface area contributed by atoms with E-state index in [9.17, 15) is 9.59 Å². The van der Waals surface area contributed by atoms with E-state index in [2.05, 4.69) is 5.32 Å². The Bertz CT molecular complexity index is 948. The number of carbonyl (C=O) groups is 2. The molecule has 122 valence electrons. The van der Waals surface area contributed by atoms with Crippen molar-refractivity contribution in [2.45, 2.75) is 13.5 Å². The molecule has 0 aliphatic rings. The number of hydrogen-bond acceptors (Lipinski definition) is 2. The number of carbonyl (C=O) groups excluding carboxylic acids is 2. The van der Waals surface area contributed by atoms with Crippen LogP contribution < -0.4 is 5.32 Å². The minimum Gasteiger partial charge on any atom is -0.335 e. The molecule has 3 aromatic rings. The zero-order valence-corrected chi connectivity index (χ0v) is 14.4. The van der Waals surface area contributed by atoms with Crippen LogP contribution >= 0.6 is 23.2 Å². The first kappa shape index (κ1) is 16.6. The lowest BCUT2D eigenvalue weighted by Crippen LogP contribution is -2.19. The smallest absolute Gasteiger partial charge is 0.244 e. The molecule has 4 nitrogen and oxygen atoms in total. The van der Waals surface area contributed by atoms with Gasteiger partial charge in [-0.05, 0) is 31.2 Å². The maximum Gasteiger partial charge on any atom is 0.244 e. The van der Waals surface area contributed by atoms with Gasteiger partial charge in [-0.25, -0.2) is 0 Å². The summed E-state index contributed by atoms with van der Waals surface area (Å²) in [5.74, 6) is -0.213. The number of aldehydes is 1. The number of hydrogen-bond donors (Lipinski definition) is 1. The summed E-state index contributed by atoms with van der Waals surface area (Å²) in [7, 11) is 0. The molecular weight excluding hydrogens is 347 g/mol. The lowest BCUT2D eigenvalue weighted by atomic mass is 10.1. The molecule has 0 spiro atoms. The molecule has 1 heterocycles. The normalized spacial score (nSPS) is 10.8. The number of rotatable bonds is 4. The molecule has 0 saturated carbocycles. The third kappa shape index (κ3) is 3.03. The number of amides is 1. The SMILES string of the molecule is Cc1c(C=O)c2ccccc2n1CC(=O)Nc1ccc(Cl)c(Cl)c1. The minimum absolute atomic E-state index is 0.0977. The first-order valence-electron chi connectivity index (χ1n) is 7.29. The number of aromatic nitrogens is 1. The summed E-state index contributed by atoms with van der Waals surface area (Å²) < 4.78 is 1.83. The number of nitrogens with one attached hydrogen (secondary N) is 1. The van der Waals surface area contributed by atoms with Gasteiger partial charge in [0.1, 0.15) is 6.54 Å². The molecule has 0 bridgehead atoms. The van der Waals surface area contributed by atoms with Gasteiger partial charge in [0.15, 0.2) is 6.29 Å². The highest BCUT2D eigenvalue weighted by Crippen LogP contribution is 2.26. The fourth-order valence-corrected chi connectivity index (χ4v) is 3.03. The third-order valence-corrected chi connectivity index (χ3v) is 4.64. The number of halogens is 2. The molecule has 0 atom stereocenters. The molecule has 3 rings (SSSR count). The molecule has 1 aromatic heterocycles. The molecule has 0 unspecified atom stereocenters. The number of benzene rings is 2. The van der Waals surface area contributed by atoms with Crippen molar-refractivity contribution in [3.05, 3.63) is 63.8 Å². The minimum atomic E-state index is -0.213. The highest BCUT2D eigenvalue weighted by Gasteiger charge is 2.15. The summed E-state index contributed by atoms with van der Waals surface area (Å²) in [6.07, 6.45) is 0.824. The maximum atomic E-state index is 12.4. The fourth-order valence-electron chi connectivity index (χ4n) is 2.73. The second-order valence-corrected chi connectivity index (χ2v) is 6.21. The van der Waals surface area contributed by atoms with Gasteiger partial charge in [-0.3, -0.25) is 9.59 Å². The highest BCUT2D eigenvalue weighted by molar-refractivity contribution is 6.42. The molecular formula is C18H14Cl2N2O2. The van der Waals surface area contributed by atoms with Gasteiger partial charge in [0.05, 0.1) is 10.0 Å². The van der Waals surface area contributed by atoms with Gasteiger partial charge in [-0.15, -0.1) is 0 Å². The van der Waals surface area contributed by atoms with E-state index in [1.165, 1.54) is 0 Å². The van der Waals surface area contributed by atoms with E-state index in [1.807, 2.05) is 35.8 Å².